The van der Waals surface area contributed by atoms with Crippen molar-refractivity contribution in [2.45, 2.75) is 6.18 Å². The Labute approximate surface area is 112 Å². The summed E-state index contributed by atoms with van der Waals surface area (Å²) in [5, 5.41) is -0.437. The van der Waals surface area contributed by atoms with Gasteiger partial charge in [-0.3, -0.25) is 0 Å². The monoisotopic (exact) mass is 287 g/mol. The number of nitrogens with zero attached hydrogens (tertiary/aromatic N) is 3. The topological polar surface area (TPSA) is 29.0 Å². The van der Waals surface area contributed by atoms with Crippen molar-refractivity contribution in [1.82, 2.24) is 9.97 Å². The van der Waals surface area contributed by atoms with Crippen molar-refractivity contribution in [2.75, 3.05) is 11.9 Å². The van der Waals surface area contributed by atoms with Gasteiger partial charge in [-0.2, -0.15) is 13.2 Å². The lowest BCUT2D eigenvalue weighted by atomic mass is 10.3. The highest BCUT2D eigenvalue weighted by Crippen LogP contribution is 2.31. The number of hydrogen-bond donors (Lipinski definition) is 0. The van der Waals surface area contributed by atoms with E-state index in [4.69, 9.17) is 11.6 Å². The number of anilines is 2. The van der Waals surface area contributed by atoms with Gasteiger partial charge in [-0.05, 0) is 23.7 Å². The predicted octanol–water partition coefficient (Wildman–Crippen LogP) is 3.92. The highest BCUT2D eigenvalue weighted by atomic mass is 35.5. The first-order valence-corrected chi connectivity index (χ1v) is 5.66. The SMILES string of the molecule is CN(c1ccccc1)c1cc(C(F)(F)F)nc(Cl)n1. The molecule has 7 heteroatoms. The Morgan fingerprint density at radius 1 is 1.11 bits per heavy atom. The van der Waals surface area contributed by atoms with Gasteiger partial charge in [0.05, 0.1) is 0 Å². The van der Waals surface area contributed by atoms with E-state index in [0.29, 0.717) is 5.69 Å². The third kappa shape index (κ3) is 3.14. The van der Waals surface area contributed by atoms with Crippen LogP contribution in [0, 0.1) is 0 Å². The lowest BCUT2D eigenvalue weighted by Crippen LogP contribution is -2.15. The highest BCUT2D eigenvalue weighted by molar-refractivity contribution is 6.28. The first kappa shape index (κ1) is 13.6. The molecule has 0 radical (unpaired) electrons. The number of para-hydroxylation sites is 1. The summed E-state index contributed by atoms with van der Waals surface area (Å²) >= 11 is 5.54. The van der Waals surface area contributed by atoms with E-state index in [9.17, 15) is 13.2 Å². The number of hydrogen-bond acceptors (Lipinski definition) is 3. The van der Waals surface area contributed by atoms with Crippen molar-refractivity contribution in [3.05, 3.63) is 47.4 Å². The molecular weight excluding hydrogens is 279 g/mol. The van der Waals surface area contributed by atoms with Crippen LogP contribution in [0.25, 0.3) is 0 Å². The van der Waals surface area contributed by atoms with Crippen molar-refractivity contribution < 1.29 is 13.2 Å². The molecule has 0 atom stereocenters. The van der Waals surface area contributed by atoms with Gasteiger partial charge in [-0.15, -0.1) is 0 Å². The fourth-order valence-electron chi connectivity index (χ4n) is 1.51. The molecule has 0 N–H and O–H groups in total. The van der Waals surface area contributed by atoms with E-state index in [-0.39, 0.29) is 5.82 Å². The third-order valence-electron chi connectivity index (χ3n) is 2.46. The Balaban J connectivity index is 2.43. The Bertz CT molecular complexity index is 572. The van der Waals surface area contributed by atoms with Crippen LogP contribution in [0.1, 0.15) is 5.69 Å². The largest absolute Gasteiger partial charge is 0.433 e. The van der Waals surface area contributed by atoms with Crippen LogP contribution in [-0.2, 0) is 6.18 Å². The molecular formula is C12H9ClF3N3. The van der Waals surface area contributed by atoms with Crippen LogP contribution in [0.3, 0.4) is 0 Å². The second-order valence-electron chi connectivity index (χ2n) is 3.77. The molecule has 0 fully saturated rings. The van der Waals surface area contributed by atoms with Gasteiger partial charge in [-0.1, -0.05) is 18.2 Å². The first-order chi connectivity index (χ1) is 8.88. The summed E-state index contributed by atoms with van der Waals surface area (Å²) in [6.07, 6.45) is -4.56. The Morgan fingerprint density at radius 3 is 2.32 bits per heavy atom. The Morgan fingerprint density at radius 2 is 1.74 bits per heavy atom. The molecule has 0 amide bonds. The van der Waals surface area contributed by atoms with E-state index in [2.05, 4.69) is 9.97 Å². The Kier molecular flexibility index (Phi) is 3.61. The lowest BCUT2D eigenvalue weighted by molar-refractivity contribution is -0.141. The van der Waals surface area contributed by atoms with Crippen LogP contribution >= 0.6 is 11.6 Å². The molecule has 100 valence electrons. The van der Waals surface area contributed by atoms with Gasteiger partial charge in [0.2, 0.25) is 5.28 Å². The minimum absolute atomic E-state index is 0.0820. The second kappa shape index (κ2) is 5.05. The lowest BCUT2D eigenvalue weighted by Gasteiger charge is -2.19. The summed E-state index contributed by atoms with van der Waals surface area (Å²) in [5.74, 6) is 0.0820. The fourth-order valence-corrected chi connectivity index (χ4v) is 1.68. The van der Waals surface area contributed by atoms with Crippen LogP contribution in [-0.4, -0.2) is 17.0 Å². The number of rotatable bonds is 2. The molecule has 0 aliphatic rings. The minimum Gasteiger partial charge on any atom is -0.329 e. The van der Waals surface area contributed by atoms with Gasteiger partial charge < -0.3 is 4.90 Å². The predicted molar refractivity (Wildman–Crippen MR) is 66.5 cm³/mol. The average Bonchev–Trinajstić information content (AvgIpc) is 2.37. The number of alkyl halides is 3. The molecule has 0 spiro atoms. The quantitative estimate of drug-likeness (QED) is 0.784. The summed E-state index contributed by atoms with van der Waals surface area (Å²) in [7, 11) is 1.61. The molecule has 2 rings (SSSR count). The van der Waals surface area contributed by atoms with Crippen molar-refractivity contribution >= 4 is 23.1 Å². The average molecular weight is 288 g/mol. The molecule has 1 aromatic carbocycles. The van der Waals surface area contributed by atoms with Gasteiger partial charge in [-0.25, -0.2) is 9.97 Å². The normalized spacial score (nSPS) is 11.4. The van der Waals surface area contributed by atoms with Crippen LogP contribution in [0.5, 0.6) is 0 Å². The summed E-state index contributed by atoms with van der Waals surface area (Å²) in [5.41, 5.74) is -0.365. The van der Waals surface area contributed by atoms with Gasteiger partial charge in [0, 0.05) is 18.8 Å². The summed E-state index contributed by atoms with van der Waals surface area (Å²) in [6, 6.07) is 9.73. The maximum atomic E-state index is 12.6. The minimum atomic E-state index is -4.56. The molecule has 0 aliphatic carbocycles. The number of halogens is 4. The van der Waals surface area contributed by atoms with E-state index in [1.54, 1.807) is 31.3 Å². The van der Waals surface area contributed by atoms with E-state index in [1.165, 1.54) is 4.90 Å². The number of aromatic nitrogens is 2. The van der Waals surface area contributed by atoms with Gasteiger partial charge in [0.15, 0.2) is 5.69 Å². The molecule has 0 unspecified atom stereocenters. The zero-order chi connectivity index (χ0) is 14.0. The fraction of sp³-hybridized carbons (Fsp3) is 0.167. The maximum Gasteiger partial charge on any atom is 0.433 e. The molecule has 3 nitrogen and oxygen atoms in total. The van der Waals surface area contributed by atoms with Gasteiger partial charge in [0.25, 0.3) is 0 Å². The van der Waals surface area contributed by atoms with Crippen molar-refractivity contribution in [3.63, 3.8) is 0 Å². The third-order valence-corrected chi connectivity index (χ3v) is 2.63. The zero-order valence-corrected chi connectivity index (χ0v) is 10.6. The highest BCUT2D eigenvalue weighted by Gasteiger charge is 2.34. The molecule has 2 aromatic rings. The van der Waals surface area contributed by atoms with E-state index in [1.807, 2.05) is 6.07 Å². The molecule has 0 bridgehead atoms. The van der Waals surface area contributed by atoms with E-state index in [0.717, 1.165) is 6.07 Å². The molecule has 1 heterocycles. The summed E-state index contributed by atoms with van der Waals surface area (Å²) in [6.45, 7) is 0. The summed E-state index contributed by atoms with van der Waals surface area (Å²) in [4.78, 5) is 8.49. The summed E-state index contributed by atoms with van der Waals surface area (Å²) < 4.78 is 37.9. The van der Waals surface area contributed by atoms with E-state index < -0.39 is 17.2 Å². The molecule has 0 aliphatic heterocycles. The first-order valence-electron chi connectivity index (χ1n) is 5.28. The van der Waals surface area contributed by atoms with Crippen molar-refractivity contribution in [3.8, 4) is 0 Å². The van der Waals surface area contributed by atoms with Crippen LogP contribution in [0.4, 0.5) is 24.7 Å². The zero-order valence-electron chi connectivity index (χ0n) is 9.82. The molecule has 0 saturated heterocycles. The molecule has 19 heavy (non-hydrogen) atoms. The smallest absolute Gasteiger partial charge is 0.329 e. The van der Waals surface area contributed by atoms with Crippen molar-refractivity contribution in [1.29, 1.82) is 0 Å². The second-order valence-corrected chi connectivity index (χ2v) is 4.11. The maximum absolute atomic E-state index is 12.6. The van der Waals surface area contributed by atoms with Crippen molar-refractivity contribution in [2.24, 2.45) is 0 Å². The van der Waals surface area contributed by atoms with Crippen LogP contribution < -0.4 is 4.90 Å². The Hall–Kier alpha value is -1.82. The molecule has 0 saturated carbocycles. The molecule has 1 aromatic heterocycles. The standard InChI is InChI=1S/C12H9ClF3N3/c1-19(8-5-3-2-4-6-8)10-7-9(12(14,15)16)17-11(13)18-10/h2-7H,1H3. The van der Waals surface area contributed by atoms with E-state index >= 15 is 0 Å². The van der Waals surface area contributed by atoms with Crippen LogP contribution in [0.2, 0.25) is 5.28 Å². The van der Waals surface area contributed by atoms with Crippen LogP contribution in [0.15, 0.2) is 36.4 Å². The number of benzene rings is 1. The van der Waals surface area contributed by atoms with Gasteiger partial charge in [0.1, 0.15) is 5.82 Å². The van der Waals surface area contributed by atoms with Gasteiger partial charge >= 0.3 is 6.18 Å².